The van der Waals surface area contributed by atoms with Gasteiger partial charge in [-0.3, -0.25) is 4.79 Å². The first-order valence-electron chi connectivity index (χ1n) is 4.79. The maximum absolute atomic E-state index is 11.2. The molecule has 0 radical (unpaired) electrons. The summed E-state index contributed by atoms with van der Waals surface area (Å²) in [5, 5.41) is 8.64. The van der Waals surface area contributed by atoms with Crippen LogP contribution in [0, 0.1) is 0 Å². The normalized spacial score (nSPS) is 10.3. The predicted octanol–water partition coefficient (Wildman–Crippen LogP) is 1.95. The topological polar surface area (TPSA) is 63.3 Å². The number of hydrogen-bond acceptors (Lipinski definition) is 4. The van der Waals surface area contributed by atoms with Crippen molar-refractivity contribution in [1.29, 1.82) is 0 Å². The van der Waals surface area contributed by atoms with Gasteiger partial charge in [0.2, 0.25) is 0 Å². The van der Waals surface area contributed by atoms with Gasteiger partial charge in [-0.2, -0.15) is 0 Å². The van der Waals surface area contributed by atoms with E-state index in [1.165, 1.54) is 6.92 Å². The lowest BCUT2D eigenvalue weighted by molar-refractivity contribution is 0.101. The van der Waals surface area contributed by atoms with Gasteiger partial charge in [-0.05, 0) is 31.5 Å². The zero-order valence-corrected chi connectivity index (χ0v) is 9.51. The van der Waals surface area contributed by atoms with Crippen LogP contribution in [0.15, 0.2) is 23.1 Å². The molecule has 0 unspecified atom stereocenters. The molecule has 1 rings (SSSR count). The second kappa shape index (κ2) is 5.78. The van der Waals surface area contributed by atoms with Crippen molar-refractivity contribution in [2.24, 2.45) is 0 Å². The average molecular weight is 225 g/mol. The maximum Gasteiger partial charge on any atom is 0.161 e. The van der Waals surface area contributed by atoms with Crippen molar-refractivity contribution >= 4 is 23.2 Å². The molecule has 0 fully saturated rings. The van der Waals surface area contributed by atoms with Gasteiger partial charge in [0.1, 0.15) is 0 Å². The molecular formula is C11H15NO2S. The van der Waals surface area contributed by atoms with Crippen molar-refractivity contribution in [2.75, 3.05) is 18.1 Å². The van der Waals surface area contributed by atoms with Crippen LogP contribution in [0.4, 0.5) is 5.69 Å². The van der Waals surface area contributed by atoms with Gasteiger partial charge in [-0.25, -0.2) is 0 Å². The van der Waals surface area contributed by atoms with Crippen LogP contribution in [0.1, 0.15) is 23.7 Å². The molecule has 4 heteroatoms. The van der Waals surface area contributed by atoms with Gasteiger partial charge in [0, 0.05) is 28.5 Å². The van der Waals surface area contributed by atoms with Crippen LogP contribution >= 0.6 is 11.8 Å². The Labute approximate surface area is 93.7 Å². The molecule has 1 aromatic carbocycles. The molecule has 0 aliphatic heterocycles. The van der Waals surface area contributed by atoms with Crippen molar-refractivity contribution in [3.8, 4) is 0 Å². The Morgan fingerprint density at radius 3 is 2.87 bits per heavy atom. The number of rotatable bonds is 5. The van der Waals surface area contributed by atoms with Gasteiger partial charge in [0.05, 0.1) is 0 Å². The van der Waals surface area contributed by atoms with Crippen LogP contribution in [-0.2, 0) is 0 Å². The maximum atomic E-state index is 11.2. The number of carbonyl (C=O) groups excluding carboxylic acids is 1. The minimum Gasteiger partial charge on any atom is -0.398 e. The summed E-state index contributed by atoms with van der Waals surface area (Å²) >= 11 is 1.62. The van der Waals surface area contributed by atoms with Gasteiger partial charge in [-0.1, -0.05) is 0 Å². The van der Waals surface area contributed by atoms with E-state index in [0.29, 0.717) is 11.3 Å². The van der Waals surface area contributed by atoms with Crippen LogP contribution in [0.25, 0.3) is 0 Å². The summed E-state index contributed by atoms with van der Waals surface area (Å²) in [4.78, 5) is 12.2. The molecule has 0 aliphatic rings. The van der Waals surface area contributed by atoms with Gasteiger partial charge < -0.3 is 10.8 Å². The molecular weight excluding hydrogens is 210 g/mol. The van der Waals surface area contributed by atoms with Crippen LogP contribution in [0.3, 0.4) is 0 Å². The Hall–Kier alpha value is -1.00. The first-order chi connectivity index (χ1) is 7.15. The van der Waals surface area contributed by atoms with Gasteiger partial charge in [0.25, 0.3) is 0 Å². The van der Waals surface area contributed by atoms with E-state index in [9.17, 15) is 4.79 Å². The van der Waals surface area contributed by atoms with Crippen molar-refractivity contribution in [3.05, 3.63) is 23.8 Å². The van der Waals surface area contributed by atoms with Crippen molar-refractivity contribution in [3.63, 3.8) is 0 Å². The molecule has 3 nitrogen and oxygen atoms in total. The number of aliphatic hydroxyl groups excluding tert-OH is 1. The summed E-state index contributed by atoms with van der Waals surface area (Å²) in [5.41, 5.74) is 6.77. The highest BCUT2D eigenvalue weighted by Crippen LogP contribution is 2.23. The lowest BCUT2D eigenvalue weighted by atomic mass is 10.1. The molecule has 0 heterocycles. The fourth-order valence-electron chi connectivity index (χ4n) is 1.18. The number of thioether (sulfide) groups is 1. The van der Waals surface area contributed by atoms with E-state index in [0.717, 1.165) is 17.1 Å². The largest absolute Gasteiger partial charge is 0.398 e. The highest BCUT2D eigenvalue weighted by atomic mass is 32.2. The fraction of sp³-hybridized carbons (Fsp3) is 0.364. The summed E-state index contributed by atoms with van der Waals surface area (Å²) in [6, 6.07) is 5.45. The first-order valence-corrected chi connectivity index (χ1v) is 5.78. The Bertz CT molecular complexity index is 352. The van der Waals surface area contributed by atoms with Gasteiger partial charge in [-0.15, -0.1) is 11.8 Å². The number of Topliss-reactive ketones (excluding diaryl/α,β-unsaturated/α-hetero) is 1. The Morgan fingerprint density at radius 1 is 1.53 bits per heavy atom. The molecule has 1 aromatic rings. The summed E-state index contributed by atoms with van der Waals surface area (Å²) in [5.74, 6) is 0.828. The van der Waals surface area contributed by atoms with E-state index in [1.54, 1.807) is 23.9 Å². The average Bonchev–Trinajstić information content (AvgIpc) is 2.20. The third-order valence-electron chi connectivity index (χ3n) is 1.98. The van der Waals surface area contributed by atoms with E-state index >= 15 is 0 Å². The van der Waals surface area contributed by atoms with E-state index in [2.05, 4.69) is 0 Å². The third-order valence-corrected chi connectivity index (χ3v) is 3.06. The monoisotopic (exact) mass is 225 g/mol. The Balaban J connectivity index is 2.74. The molecule has 82 valence electrons. The lowest BCUT2D eigenvalue weighted by Crippen LogP contribution is -1.99. The number of hydrogen-bond donors (Lipinski definition) is 2. The van der Waals surface area contributed by atoms with Crippen molar-refractivity contribution in [1.82, 2.24) is 0 Å². The van der Waals surface area contributed by atoms with E-state index in [1.807, 2.05) is 6.07 Å². The van der Waals surface area contributed by atoms with Crippen LogP contribution in [-0.4, -0.2) is 23.2 Å². The molecule has 0 bridgehead atoms. The summed E-state index contributed by atoms with van der Waals surface area (Å²) in [6.07, 6.45) is 0.754. The third kappa shape index (κ3) is 3.57. The molecule has 0 saturated carbocycles. The van der Waals surface area contributed by atoms with Crippen LogP contribution in [0.2, 0.25) is 0 Å². The molecule has 0 aromatic heterocycles. The Morgan fingerprint density at radius 2 is 2.27 bits per heavy atom. The van der Waals surface area contributed by atoms with E-state index in [-0.39, 0.29) is 12.4 Å². The molecule has 3 N–H and O–H groups in total. The van der Waals surface area contributed by atoms with Crippen LogP contribution < -0.4 is 5.73 Å². The fourth-order valence-corrected chi connectivity index (χ4v) is 2.06. The standard InChI is InChI=1S/C11H15NO2S/c1-8(14)10-7-9(3-4-11(10)12)15-6-2-5-13/h3-4,7,13H,2,5-6,12H2,1H3. The number of nitrogens with two attached hydrogens (primary N) is 1. The molecule has 0 atom stereocenters. The SMILES string of the molecule is CC(=O)c1cc(SCCCO)ccc1N. The number of nitrogen functional groups attached to an aromatic ring is 1. The number of aliphatic hydroxyl groups is 1. The minimum absolute atomic E-state index is 0.0166. The number of anilines is 1. The molecule has 0 spiro atoms. The second-order valence-corrected chi connectivity index (χ2v) is 4.40. The highest BCUT2D eigenvalue weighted by molar-refractivity contribution is 7.99. The second-order valence-electron chi connectivity index (χ2n) is 3.23. The Kier molecular flexibility index (Phi) is 4.65. The van der Waals surface area contributed by atoms with Crippen LogP contribution in [0.5, 0.6) is 0 Å². The summed E-state index contributed by atoms with van der Waals surface area (Å²) < 4.78 is 0. The number of benzene rings is 1. The highest BCUT2D eigenvalue weighted by Gasteiger charge is 2.05. The summed E-state index contributed by atoms with van der Waals surface area (Å²) in [7, 11) is 0. The quantitative estimate of drug-likeness (QED) is 0.348. The summed E-state index contributed by atoms with van der Waals surface area (Å²) in [6.45, 7) is 1.70. The van der Waals surface area contributed by atoms with Gasteiger partial charge >= 0.3 is 0 Å². The zero-order chi connectivity index (χ0) is 11.3. The first kappa shape index (κ1) is 12.1. The predicted molar refractivity (Wildman–Crippen MR) is 63.3 cm³/mol. The number of carbonyl (C=O) groups is 1. The smallest absolute Gasteiger partial charge is 0.161 e. The molecule has 0 amide bonds. The minimum atomic E-state index is -0.0166. The van der Waals surface area contributed by atoms with E-state index < -0.39 is 0 Å². The molecule has 15 heavy (non-hydrogen) atoms. The molecule has 0 aliphatic carbocycles. The van der Waals surface area contributed by atoms with E-state index in [4.69, 9.17) is 10.8 Å². The van der Waals surface area contributed by atoms with Crippen molar-refractivity contribution < 1.29 is 9.90 Å². The number of ketones is 1. The zero-order valence-electron chi connectivity index (χ0n) is 8.69. The lowest BCUT2D eigenvalue weighted by Gasteiger charge is -2.05. The van der Waals surface area contributed by atoms with Crippen molar-refractivity contribution in [2.45, 2.75) is 18.2 Å². The molecule has 0 saturated heterocycles. The van der Waals surface area contributed by atoms with Gasteiger partial charge in [0.15, 0.2) is 5.78 Å².